The molecule has 1 fully saturated rings. The van der Waals surface area contributed by atoms with Gasteiger partial charge in [-0.2, -0.15) is 0 Å². The zero-order chi connectivity index (χ0) is 16.0. The van der Waals surface area contributed by atoms with Gasteiger partial charge in [-0.1, -0.05) is 0 Å². The maximum Gasteiger partial charge on any atom is 0.325 e. The van der Waals surface area contributed by atoms with Crippen molar-refractivity contribution in [3.05, 3.63) is 0 Å². The summed E-state index contributed by atoms with van der Waals surface area (Å²) in [4.78, 5) is 58.8. The van der Waals surface area contributed by atoms with Crippen LogP contribution in [0.3, 0.4) is 0 Å². The summed E-state index contributed by atoms with van der Waals surface area (Å²) in [5.41, 5.74) is 0. The fourth-order valence-electron chi connectivity index (χ4n) is 1.52. The Morgan fingerprint density at radius 2 is 1.67 bits per heavy atom. The van der Waals surface area contributed by atoms with Crippen LogP contribution in [0.15, 0.2) is 0 Å². The largest absolute Gasteiger partial charge is 0.468 e. The fourth-order valence-corrected chi connectivity index (χ4v) is 1.52. The summed E-state index contributed by atoms with van der Waals surface area (Å²) >= 11 is 0. The van der Waals surface area contributed by atoms with Gasteiger partial charge in [0, 0.05) is 0 Å². The van der Waals surface area contributed by atoms with E-state index < -0.39 is 49.4 Å². The lowest BCUT2D eigenvalue weighted by atomic mass is 10.4. The summed E-state index contributed by atoms with van der Waals surface area (Å²) in [6.07, 6.45) is 0. The molecule has 10 nitrogen and oxygen atoms in total. The number of ether oxygens (including phenoxy) is 2. The topological polar surface area (TPSA) is 122 Å². The number of nitrogens with one attached hydrogen (secondary N) is 1. The average molecular weight is 301 g/mol. The van der Waals surface area contributed by atoms with E-state index in [1.807, 2.05) is 0 Å². The predicted molar refractivity (Wildman–Crippen MR) is 65.7 cm³/mol. The lowest BCUT2D eigenvalue weighted by molar-refractivity contribution is -0.152. The molecule has 1 aliphatic rings. The Morgan fingerprint density at radius 1 is 1.14 bits per heavy atom. The van der Waals surface area contributed by atoms with Crippen molar-refractivity contribution in [2.75, 3.05) is 40.4 Å². The summed E-state index contributed by atoms with van der Waals surface area (Å²) in [7, 11) is 2.25. The molecule has 0 unspecified atom stereocenters. The van der Waals surface area contributed by atoms with E-state index in [-0.39, 0.29) is 6.54 Å². The molecule has 116 valence electrons. The van der Waals surface area contributed by atoms with Gasteiger partial charge < -0.3 is 19.7 Å². The van der Waals surface area contributed by atoms with Crippen molar-refractivity contribution in [3.63, 3.8) is 0 Å². The van der Waals surface area contributed by atoms with Gasteiger partial charge in [0.05, 0.1) is 20.8 Å². The van der Waals surface area contributed by atoms with E-state index in [2.05, 4.69) is 14.8 Å². The highest BCUT2D eigenvalue weighted by Crippen LogP contribution is 2.02. The third kappa shape index (κ3) is 4.44. The van der Waals surface area contributed by atoms with Gasteiger partial charge in [-0.3, -0.25) is 24.1 Å². The zero-order valence-electron chi connectivity index (χ0n) is 11.6. The first kappa shape index (κ1) is 16.4. The molecule has 0 aliphatic carbocycles. The van der Waals surface area contributed by atoms with Crippen LogP contribution in [0.2, 0.25) is 0 Å². The molecule has 1 saturated heterocycles. The van der Waals surface area contributed by atoms with Gasteiger partial charge in [0.25, 0.3) is 5.91 Å². The number of rotatable bonds is 6. The normalized spacial score (nSPS) is 13.7. The molecule has 0 aromatic heterocycles. The average Bonchev–Trinajstić information content (AvgIpc) is 2.77. The highest BCUT2D eigenvalue weighted by molar-refractivity contribution is 6.04. The Labute approximate surface area is 119 Å². The number of urea groups is 1. The van der Waals surface area contributed by atoms with E-state index in [0.717, 1.165) is 19.1 Å². The van der Waals surface area contributed by atoms with Crippen LogP contribution in [0.25, 0.3) is 0 Å². The molecule has 1 aliphatic heterocycles. The standard InChI is InChI=1S/C11H15N3O7/c1-20-9(17)5-13(6-10(18)21-2)8(16)4-14-7(15)3-12-11(14)19/h3-6H2,1-2H3,(H,12,19). The van der Waals surface area contributed by atoms with E-state index in [4.69, 9.17) is 0 Å². The van der Waals surface area contributed by atoms with Crippen LogP contribution in [-0.2, 0) is 28.7 Å². The van der Waals surface area contributed by atoms with Gasteiger partial charge in [-0.25, -0.2) is 4.79 Å². The highest BCUT2D eigenvalue weighted by atomic mass is 16.5. The number of amides is 4. The van der Waals surface area contributed by atoms with E-state index in [1.165, 1.54) is 0 Å². The molecule has 0 radical (unpaired) electrons. The van der Waals surface area contributed by atoms with Crippen LogP contribution in [-0.4, -0.2) is 80.0 Å². The van der Waals surface area contributed by atoms with Crippen molar-refractivity contribution in [3.8, 4) is 0 Å². The minimum absolute atomic E-state index is 0.194. The first-order valence-corrected chi connectivity index (χ1v) is 5.88. The molecule has 1 rings (SSSR count). The Morgan fingerprint density at radius 3 is 2.05 bits per heavy atom. The van der Waals surface area contributed by atoms with E-state index in [9.17, 15) is 24.0 Å². The van der Waals surface area contributed by atoms with Crippen LogP contribution in [0.1, 0.15) is 0 Å². The fraction of sp³-hybridized carbons (Fsp3) is 0.545. The van der Waals surface area contributed by atoms with Gasteiger partial charge in [0.1, 0.15) is 19.6 Å². The predicted octanol–water partition coefficient (Wildman–Crippen LogP) is -2.29. The molecule has 4 amide bonds. The molecular weight excluding hydrogens is 286 g/mol. The van der Waals surface area contributed by atoms with Crippen LogP contribution in [0.5, 0.6) is 0 Å². The lowest BCUT2D eigenvalue weighted by Gasteiger charge is -2.22. The molecular formula is C11H15N3O7. The lowest BCUT2D eigenvalue weighted by Crippen LogP contribution is -2.47. The summed E-state index contributed by atoms with van der Waals surface area (Å²) in [6, 6.07) is -0.704. The highest BCUT2D eigenvalue weighted by Gasteiger charge is 2.32. The summed E-state index contributed by atoms with van der Waals surface area (Å²) in [5.74, 6) is -2.81. The van der Waals surface area contributed by atoms with Crippen molar-refractivity contribution >= 4 is 29.8 Å². The van der Waals surface area contributed by atoms with Gasteiger partial charge in [-0.05, 0) is 0 Å². The Hall–Kier alpha value is -2.65. The summed E-state index contributed by atoms with van der Waals surface area (Å²) in [5, 5.41) is 2.25. The smallest absolute Gasteiger partial charge is 0.325 e. The number of carbonyl (C=O) groups is 5. The monoisotopic (exact) mass is 301 g/mol. The van der Waals surface area contributed by atoms with Crippen LogP contribution in [0.4, 0.5) is 4.79 Å². The minimum atomic E-state index is -0.754. The van der Waals surface area contributed by atoms with Gasteiger partial charge in [0.15, 0.2) is 0 Å². The Bertz CT molecular complexity index is 442. The minimum Gasteiger partial charge on any atom is -0.468 e. The zero-order valence-corrected chi connectivity index (χ0v) is 11.6. The second-order valence-electron chi connectivity index (χ2n) is 4.04. The van der Waals surface area contributed by atoms with Gasteiger partial charge in [-0.15, -0.1) is 0 Å². The molecule has 0 bridgehead atoms. The van der Waals surface area contributed by atoms with Crippen molar-refractivity contribution in [1.29, 1.82) is 0 Å². The Kier molecular flexibility index (Phi) is 5.64. The van der Waals surface area contributed by atoms with Crippen molar-refractivity contribution in [1.82, 2.24) is 15.1 Å². The van der Waals surface area contributed by atoms with E-state index in [1.54, 1.807) is 0 Å². The number of hydrogen-bond donors (Lipinski definition) is 1. The number of carbonyl (C=O) groups excluding carboxylic acids is 5. The summed E-state index contributed by atoms with van der Waals surface area (Å²) < 4.78 is 8.83. The quantitative estimate of drug-likeness (QED) is 0.433. The second kappa shape index (κ2) is 7.22. The Balaban J connectivity index is 2.74. The number of nitrogens with zero attached hydrogens (tertiary/aromatic N) is 2. The third-order valence-electron chi connectivity index (χ3n) is 2.68. The van der Waals surface area contributed by atoms with Crippen molar-refractivity contribution in [2.45, 2.75) is 0 Å². The van der Waals surface area contributed by atoms with Gasteiger partial charge in [0.2, 0.25) is 5.91 Å². The first-order chi connectivity index (χ1) is 9.88. The number of esters is 2. The molecule has 0 spiro atoms. The summed E-state index contributed by atoms with van der Waals surface area (Å²) in [6.45, 7) is -1.75. The van der Waals surface area contributed by atoms with Crippen LogP contribution < -0.4 is 5.32 Å². The number of methoxy groups -OCH3 is 2. The van der Waals surface area contributed by atoms with Gasteiger partial charge >= 0.3 is 18.0 Å². The SMILES string of the molecule is COC(=O)CN(CC(=O)OC)C(=O)CN1C(=O)CNC1=O. The molecule has 0 aromatic rings. The number of imide groups is 1. The molecule has 10 heteroatoms. The molecule has 1 heterocycles. The van der Waals surface area contributed by atoms with Crippen molar-refractivity contribution < 1.29 is 33.4 Å². The number of hydrogen-bond acceptors (Lipinski definition) is 7. The molecule has 0 atom stereocenters. The molecule has 0 saturated carbocycles. The maximum absolute atomic E-state index is 12.0. The van der Waals surface area contributed by atoms with Crippen LogP contribution >= 0.6 is 0 Å². The third-order valence-corrected chi connectivity index (χ3v) is 2.68. The van der Waals surface area contributed by atoms with E-state index in [0.29, 0.717) is 4.90 Å². The molecule has 21 heavy (non-hydrogen) atoms. The molecule has 0 aromatic carbocycles. The maximum atomic E-state index is 12.0. The second-order valence-corrected chi connectivity index (χ2v) is 4.04. The first-order valence-electron chi connectivity index (χ1n) is 5.88. The molecule has 1 N–H and O–H groups in total. The van der Waals surface area contributed by atoms with Crippen LogP contribution in [0, 0.1) is 0 Å². The van der Waals surface area contributed by atoms with E-state index >= 15 is 0 Å². The van der Waals surface area contributed by atoms with Crippen molar-refractivity contribution in [2.24, 2.45) is 0 Å².